The third kappa shape index (κ3) is 3.32. The first kappa shape index (κ1) is 15.3. The van der Waals surface area contributed by atoms with Gasteiger partial charge in [-0.15, -0.1) is 0 Å². The molecule has 1 N–H and O–H groups in total. The quantitative estimate of drug-likeness (QED) is 0.898. The highest BCUT2D eigenvalue weighted by Crippen LogP contribution is 2.37. The van der Waals surface area contributed by atoms with Crippen molar-refractivity contribution in [3.8, 4) is 5.75 Å². The topological polar surface area (TPSA) is 21.3 Å². The Bertz CT molecular complexity index is 464. The molecule has 1 aromatic carbocycles. The average molecular weight is 279 g/mol. The first-order valence-electron chi connectivity index (χ1n) is 7.52. The zero-order chi connectivity index (χ0) is 14.8. The molecule has 0 amide bonds. The molecule has 2 nitrogen and oxygen atoms in total. The number of rotatable bonds is 4. The lowest BCUT2D eigenvalue weighted by Gasteiger charge is -2.31. The van der Waals surface area contributed by atoms with Gasteiger partial charge in [0.15, 0.2) is 0 Å². The molecule has 1 aromatic rings. The van der Waals surface area contributed by atoms with Crippen molar-refractivity contribution in [3.05, 3.63) is 28.8 Å². The summed E-state index contributed by atoms with van der Waals surface area (Å²) in [7, 11) is 1.65. The second-order valence-electron chi connectivity index (χ2n) is 6.19. The van der Waals surface area contributed by atoms with E-state index in [4.69, 9.17) is 4.74 Å². The lowest BCUT2D eigenvalue weighted by Crippen LogP contribution is -2.38. The second-order valence-corrected chi connectivity index (χ2v) is 6.19. The number of aryl methyl sites for hydroxylation is 2. The lowest BCUT2D eigenvalue weighted by molar-refractivity contribution is 0.145. The summed E-state index contributed by atoms with van der Waals surface area (Å²) >= 11 is 0. The van der Waals surface area contributed by atoms with Crippen molar-refractivity contribution >= 4 is 0 Å². The van der Waals surface area contributed by atoms with Crippen LogP contribution in [-0.4, -0.2) is 19.7 Å². The summed E-state index contributed by atoms with van der Waals surface area (Å²) in [6.45, 7) is 6.65. The third-order valence-corrected chi connectivity index (χ3v) is 4.35. The number of ether oxygens (including phenoxy) is 1. The minimum absolute atomic E-state index is 0.292. The summed E-state index contributed by atoms with van der Waals surface area (Å²) < 4.78 is 20.5. The molecule has 2 unspecified atom stereocenters. The molecule has 1 aliphatic heterocycles. The smallest absolute Gasteiger partial charge is 0.135 e. The van der Waals surface area contributed by atoms with E-state index in [-0.39, 0.29) is 0 Å². The maximum atomic E-state index is 15.2. The number of methoxy groups -OCH3 is 1. The fourth-order valence-corrected chi connectivity index (χ4v) is 3.24. The highest BCUT2D eigenvalue weighted by molar-refractivity contribution is 5.43. The van der Waals surface area contributed by atoms with Crippen LogP contribution in [0.5, 0.6) is 5.75 Å². The van der Waals surface area contributed by atoms with Crippen molar-refractivity contribution in [2.45, 2.75) is 58.2 Å². The third-order valence-electron chi connectivity index (χ3n) is 4.35. The molecule has 0 aliphatic carbocycles. The molecule has 1 aliphatic rings. The number of benzene rings is 1. The van der Waals surface area contributed by atoms with Crippen LogP contribution in [0, 0.1) is 13.8 Å². The summed E-state index contributed by atoms with van der Waals surface area (Å²) in [5, 5.41) is 3.44. The van der Waals surface area contributed by atoms with Gasteiger partial charge in [-0.1, -0.05) is 6.42 Å². The fraction of sp³-hybridized carbons (Fsp3) is 0.647. The van der Waals surface area contributed by atoms with Crippen LogP contribution in [-0.2, 0) is 5.67 Å². The molecule has 3 heteroatoms. The molecule has 20 heavy (non-hydrogen) atoms. The van der Waals surface area contributed by atoms with E-state index in [0.29, 0.717) is 12.5 Å². The summed E-state index contributed by atoms with van der Waals surface area (Å²) in [6.07, 6.45) is 4.03. The fourth-order valence-electron chi connectivity index (χ4n) is 3.24. The average Bonchev–Trinajstić information content (AvgIpc) is 2.41. The van der Waals surface area contributed by atoms with Crippen LogP contribution in [0.1, 0.15) is 49.3 Å². The Balaban J connectivity index is 2.21. The van der Waals surface area contributed by atoms with E-state index in [1.165, 1.54) is 12.8 Å². The number of alkyl halides is 1. The van der Waals surface area contributed by atoms with Crippen molar-refractivity contribution in [2.24, 2.45) is 0 Å². The van der Waals surface area contributed by atoms with Crippen LogP contribution in [0.2, 0.25) is 0 Å². The minimum Gasteiger partial charge on any atom is -0.496 e. The molecule has 0 bridgehead atoms. The van der Waals surface area contributed by atoms with Gasteiger partial charge in [0, 0.05) is 12.5 Å². The maximum absolute atomic E-state index is 15.2. The number of piperidine rings is 1. The number of nitrogens with one attached hydrogen (secondary N) is 1. The Hall–Kier alpha value is -1.09. The van der Waals surface area contributed by atoms with Crippen LogP contribution in [0.15, 0.2) is 12.1 Å². The predicted octanol–water partition coefficient (Wildman–Crippen LogP) is 4.03. The summed E-state index contributed by atoms with van der Waals surface area (Å²) in [4.78, 5) is 0. The van der Waals surface area contributed by atoms with Gasteiger partial charge in [-0.2, -0.15) is 0 Å². The van der Waals surface area contributed by atoms with Gasteiger partial charge in [-0.3, -0.25) is 0 Å². The van der Waals surface area contributed by atoms with Crippen molar-refractivity contribution in [1.29, 1.82) is 0 Å². The van der Waals surface area contributed by atoms with Gasteiger partial charge in [-0.25, -0.2) is 4.39 Å². The van der Waals surface area contributed by atoms with Gasteiger partial charge in [-0.05, 0) is 69.0 Å². The van der Waals surface area contributed by atoms with Gasteiger partial charge in [0.25, 0.3) is 0 Å². The number of hydrogen-bond acceptors (Lipinski definition) is 2. The Morgan fingerprint density at radius 2 is 2.05 bits per heavy atom. The van der Waals surface area contributed by atoms with Crippen molar-refractivity contribution in [3.63, 3.8) is 0 Å². The Morgan fingerprint density at radius 3 is 2.65 bits per heavy atom. The molecule has 2 atom stereocenters. The van der Waals surface area contributed by atoms with E-state index in [9.17, 15) is 0 Å². The van der Waals surface area contributed by atoms with E-state index >= 15 is 4.39 Å². The zero-order valence-corrected chi connectivity index (χ0v) is 13.1. The highest BCUT2D eigenvalue weighted by Gasteiger charge is 2.32. The Labute approximate surface area is 121 Å². The zero-order valence-electron chi connectivity index (χ0n) is 13.1. The molecule has 2 rings (SSSR count). The normalized spacial score (nSPS) is 22.4. The number of halogens is 1. The molecule has 1 saturated heterocycles. The predicted molar refractivity (Wildman–Crippen MR) is 81.2 cm³/mol. The molecule has 112 valence electrons. The van der Waals surface area contributed by atoms with Gasteiger partial charge < -0.3 is 10.1 Å². The molecular formula is C17H26FNO. The standard InChI is InChI=1S/C17H26FNO/c1-12-10-16(20-4)13(2)9-15(12)17(3,18)11-14-7-5-6-8-19-14/h9-10,14,19H,5-8,11H2,1-4H3. The van der Waals surface area contributed by atoms with Crippen LogP contribution >= 0.6 is 0 Å². The van der Waals surface area contributed by atoms with E-state index < -0.39 is 5.67 Å². The molecule has 0 saturated carbocycles. The summed E-state index contributed by atoms with van der Waals surface area (Å²) in [5.74, 6) is 0.831. The van der Waals surface area contributed by atoms with Gasteiger partial charge in [0.1, 0.15) is 11.4 Å². The van der Waals surface area contributed by atoms with E-state index in [1.54, 1.807) is 14.0 Å². The lowest BCUT2D eigenvalue weighted by atomic mass is 9.85. The SMILES string of the molecule is COc1cc(C)c(C(C)(F)CC2CCCCN2)cc1C. The Morgan fingerprint density at radius 1 is 1.30 bits per heavy atom. The van der Waals surface area contributed by atoms with E-state index in [1.807, 2.05) is 26.0 Å². The van der Waals surface area contributed by atoms with Crippen LogP contribution in [0.4, 0.5) is 4.39 Å². The molecule has 0 aromatic heterocycles. The number of hydrogen-bond donors (Lipinski definition) is 1. The van der Waals surface area contributed by atoms with Crippen LogP contribution in [0.25, 0.3) is 0 Å². The van der Waals surface area contributed by atoms with Crippen LogP contribution < -0.4 is 10.1 Å². The van der Waals surface area contributed by atoms with Gasteiger partial charge >= 0.3 is 0 Å². The van der Waals surface area contributed by atoms with Crippen molar-refractivity contribution in [2.75, 3.05) is 13.7 Å². The van der Waals surface area contributed by atoms with Crippen LogP contribution in [0.3, 0.4) is 0 Å². The van der Waals surface area contributed by atoms with Gasteiger partial charge in [0.2, 0.25) is 0 Å². The first-order valence-corrected chi connectivity index (χ1v) is 7.52. The first-order chi connectivity index (χ1) is 9.44. The summed E-state index contributed by atoms with van der Waals surface area (Å²) in [5.41, 5.74) is 1.46. The highest BCUT2D eigenvalue weighted by atomic mass is 19.1. The molecule has 0 spiro atoms. The molecular weight excluding hydrogens is 253 g/mol. The summed E-state index contributed by atoms with van der Waals surface area (Å²) in [6, 6.07) is 4.17. The molecule has 1 heterocycles. The van der Waals surface area contributed by atoms with Crippen molar-refractivity contribution in [1.82, 2.24) is 5.32 Å². The van der Waals surface area contributed by atoms with E-state index in [0.717, 1.165) is 35.4 Å². The monoisotopic (exact) mass is 279 g/mol. The minimum atomic E-state index is -1.30. The van der Waals surface area contributed by atoms with E-state index in [2.05, 4.69) is 5.32 Å². The second kappa shape index (κ2) is 6.13. The molecule has 1 fully saturated rings. The maximum Gasteiger partial charge on any atom is 0.135 e. The molecule has 0 radical (unpaired) electrons. The Kier molecular flexibility index (Phi) is 4.69. The largest absolute Gasteiger partial charge is 0.496 e. The van der Waals surface area contributed by atoms with Gasteiger partial charge in [0.05, 0.1) is 7.11 Å². The van der Waals surface area contributed by atoms with Crippen molar-refractivity contribution < 1.29 is 9.13 Å².